The Labute approximate surface area is 91.6 Å². The summed E-state index contributed by atoms with van der Waals surface area (Å²) in [7, 11) is 0. The summed E-state index contributed by atoms with van der Waals surface area (Å²) in [6, 6.07) is 4.83. The number of rotatable bonds is 3. The smallest absolute Gasteiger partial charge is 0.123 e. The second kappa shape index (κ2) is 3.63. The van der Waals surface area contributed by atoms with Gasteiger partial charge in [0.15, 0.2) is 0 Å². The van der Waals surface area contributed by atoms with E-state index in [1.807, 2.05) is 0 Å². The zero-order valence-electron chi connectivity index (χ0n) is 7.89. The molecule has 1 aliphatic rings. The van der Waals surface area contributed by atoms with Crippen LogP contribution in [0.5, 0.6) is 0 Å². The molecule has 0 aliphatic heterocycles. The highest BCUT2D eigenvalue weighted by Gasteiger charge is 2.41. The first-order valence-electron chi connectivity index (χ1n) is 4.79. The van der Waals surface area contributed by atoms with E-state index in [9.17, 15) is 4.39 Å². The molecule has 0 heterocycles. The molecule has 2 rings (SSSR count). The third-order valence-corrected chi connectivity index (χ3v) is 3.74. The van der Waals surface area contributed by atoms with Gasteiger partial charge < -0.3 is 5.73 Å². The molecule has 1 aromatic carbocycles. The van der Waals surface area contributed by atoms with Crippen LogP contribution in [0.3, 0.4) is 0 Å². The minimum absolute atomic E-state index is 0.170. The summed E-state index contributed by atoms with van der Waals surface area (Å²) in [5.41, 5.74) is 6.99. The molecule has 0 amide bonds. The van der Waals surface area contributed by atoms with Crippen molar-refractivity contribution in [1.82, 2.24) is 0 Å². The van der Waals surface area contributed by atoms with E-state index in [4.69, 9.17) is 5.73 Å². The van der Waals surface area contributed by atoms with Crippen LogP contribution in [-0.2, 0) is 6.42 Å². The van der Waals surface area contributed by atoms with Crippen molar-refractivity contribution in [3.63, 3.8) is 0 Å². The average molecular weight is 258 g/mol. The predicted molar refractivity (Wildman–Crippen MR) is 58.5 cm³/mol. The van der Waals surface area contributed by atoms with Gasteiger partial charge in [-0.3, -0.25) is 0 Å². The monoisotopic (exact) mass is 257 g/mol. The van der Waals surface area contributed by atoms with Crippen LogP contribution in [0.4, 0.5) is 4.39 Å². The van der Waals surface area contributed by atoms with Crippen molar-refractivity contribution < 1.29 is 4.39 Å². The van der Waals surface area contributed by atoms with Gasteiger partial charge in [-0.05, 0) is 55.0 Å². The molecule has 1 fully saturated rings. The van der Waals surface area contributed by atoms with Crippen LogP contribution in [0.15, 0.2) is 22.7 Å². The molecule has 1 aliphatic carbocycles. The fourth-order valence-electron chi connectivity index (χ4n) is 1.71. The van der Waals surface area contributed by atoms with E-state index >= 15 is 0 Å². The van der Waals surface area contributed by atoms with Crippen molar-refractivity contribution in [2.45, 2.75) is 19.3 Å². The minimum Gasteiger partial charge on any atom is -0.330 e. The van der Waals surface area contributed by atoms with Crippen molar-refractivity contribution in [3.8, 4) is 0 Å². The molecular weight excluding hydrogens is 245 g/mol. The molecule has 76 valence electrons. The van der Waals surface area contributed by atoms with Gasteiger partial charge in [0.1, 0.15) is 5.82 Å². The highest BCUT2D eigenvalue weighted by molar-refractivity contribution is 9.10. The first kappa shape index (κ1) is 10.1. The second-order valence-electron chi connectivity index (χ2n) is 4.12. The van der Waals surface area contributed by atoms with Gasteiger partial charge in [0.05, 0.1) is 0 Å². The molecule has 0 unspecified atom stereocenters. The van der Waals surface area contributed by atoms with Gasteiger partial charge in [-0.1, -0.05) is 15.9 Å². The Hall–Kier alpha value is -0.410. The van der Waals surface area contributed by atoms with E-state index in [1.165, 1.54) is 18.9 Å². The summed E-state index contributed by atoms with van der Waals surface area (Å²) in [6.07, 6.45) is 3.24. The van der Waals surface area contributed by atoms with E-state index in [0.717, 1.165) is 16.5 Å². The summed E-state index contributed by atoms with van der Waals surface area (Å²) in [5.74, 6) is -0.170. The van der Waals surface area contributed by atoms with Gasteiger partial charge in [-0.15, -0.1) is 0 Å². The summed E-state index contributed by atoms with van der Waals surface area (Å²) in [4.78, 5) is 0. The highest BCUT2D eigenvalue weighted by Crippen LogP contribution is 2.48. The Morgan fingerprint density at radius 2 is 2.14 bits per heavy atom. The SMILES string of the molecule is NCC1(Cc2cc(F)ccc2Br)CC1. The Balaban J connectivity index is 2.20. The first-order valence-corrected chi connectivity index (χ1v) is 5.59. The predicted octanol–water partition coefficient (Wildman–Crippen LogP) is 2.87. The lowest BCUT2D eigenvalue weighted by molar-refractivity contribution is 0.517. The first-order chi connectivity index (χ1) is 6.65. The summed E-state index contributed by atoms with van der Waals surface area (Å²) < 4.78 is 14.0. The molecule has 0 radical (unpaired) electrons. The molecule has 1 saturated carbocycles. The van der Waals surface area contributed by atoms with Crippen LogP contribution in [0, 0.1) is 11.2 Å². The van der Waals surface area contributed by atoms with E-state index in [0.29, 0.717) is 6.54 Å². The average Bonchev–Trinajstić information content (AvgIpc) is 2.92. The Bertz CT molecular complexity index is 347. The van der Waals surface area contributed by atoms with Crippen molar-refractivity contribution in [2.75, 3.05) is 6.54 Å². The van der Waals surface area contributed by atoms with Crippen LogP contribution in [0.25, 0.3) is 0 Å². The Morgan fingerprint density at radius 3 is 2.71 bits per heavy atom. The summed E-state index contributed by atoms with van der Waals surface area (Å²) in [5, 5.41) is 0. The normalized spacial score (nSPS) is 18.2. The van der Waals surface area contributed by atoms with E-state index in [1.54, 1.807) is 12.1 Å². The van der Waals surface area contributed by atoms with Gasteiger partial charge in [0.2, 0.25) is 0 Å². The van der Waals surface area contributed by atoms with E-state index in [-0.39, 0.29) is 11.2 Å². The lowest BCUT2D eigenvalue weighted by atomic mass is 9.97. The van der Waals surface area contributed by atoms with Crippen LogP contribution in [0.1, 0.15) is 18.4 Å². The molecule has 0 bridgehead atoms. The lowest BCUT2D eigenvalue weighted by Crippen LogP contribution is -2.18. The maximum Gasteiger partial charge on any atom is 0.123 e. The maximum atomic E-state index is 13.0. The van der Waals surface area contributed by atoms with Gasteiger partial charge in [-0.2, -0.15) is 0 Å². The van der Waals surface area contributed by atoms with Crippen molar-refractivity contribution in [1.29, 1.82) is 0 Å². The van der Waals surface area contributed by atoms with Crippen LogP contribution in [-0.4, -0.2) is 6.54 Å². The zero-order valence-corrected chi connectivity index (χ0v) is 9.48. The van der Waals surface area contributed by atoms with E-state index in [2.05, 4.69) is 15.9 Å². The molecule has 0 aromatic heterocycles. The molecule has 2 N–H and O–H groups in total. The third kappa shape index (κ3) is 1.98. The lowest BCUT2D eigenvalue weighted by Gasteiger charge is -2.13. The fourth-order valence-corrected chi connectivity index (χ4v) is 2.10. The van der Waals surface area contributed by atoms with Crippen molar-refractivity contribution >= 4 is 15.9 Å². The topological polar surface area (TPSA) is 26.0 Å². The zero-order chi connectivity index (χ0) is 10.2. The number of hydrogen-bond acceptors (Lipinski definition) is 1. The highest BCUT2D eigenvalue weighted by atomic mass is 79.9. The Morgan fingerprint density at radius 1 is 1.43 bits per heavy atom. The number of halogens is 2. The third-order valence-electron chi connectivity index (χ3n) is 2.96. The standard InChI is InChI=1S/C11H13BrFN/c12-10-2-1-9(13)5-8(10)6-11(7-14)3-4-11/h1-2,5H,3-4,6-7,14H2. The molecule has 0 atom stereocenters. The Kier molecular flexibility index (Phi) is 2.62. The second-order valence-corrected chi connectivity index (χ2v) is 4.97. The molecule has 1 aromatic rings. The largest absolute Gasteiger partial charge is 0.330 e. The molecular formula is C11H13BrFN. The molecule has 1 nitrogen and oxygen atoms in total. The van der Waals surface area contributed by atoms with Gasteiger partial charge in [0.25, 0.3) is 0 Å². The van der Waals surface area contributed by atoms with Gasteiger partial charge in [-0.25, -0.2) is 4.39 Å². The number of nitrogens with two attached hydrogens (primary N) is 1. The minimum atomic E-state index is -0.170. The van der Waals surface area contributed by atoms with Gasteiger partial charge in [0, 0.05) is 4.47 Å². The summed E-state index contributed by atoms with van der Waals surface area (Å²) in [6.45, 7) is 0.704. The quantitative estimate of drug-likeness (QED) is 0.886. The van der Waals surface area contributed by atoms with Crippen molar-refractivity contribution in [2.24, 2.45) is 11.1 Å². The molecule has 0 saturated heterocycles. The summed E-state index contributed by atoms with van der Waals surface area (Å²) >= 11 is 3.43. The number of benzene rings is 1. The van der Waals surface area contributed by atoms with Crippen LogP contribution in [0.2, 0.25) is 0 Å². The van der Waals surface area contributed by atoms with Crippen molar-refractivity contribution in [3.05, 3.63) is 34.1 Å². The number of hydrogen-bond donors (Lipinski definition) is 1. The molecule has 3 heteroatoms. The fraction of sp³-hybridized carbons (Fsp3) is 0.455. The van der Waals surface area contributed by atoms with Crippen LogP contribution < -0.4 is 5.73 Å². The van der Waals surface area contributed by atoms with Crippen LogP contribution >= 0.6 is 15.9 Å². The van der Waals surface area contributed by atoms with Gasteiger partial charge >= 0.3 is 0 Å². The molecule has 0 spiro atoms. The molecule has 14 heavy (non-hydrogen) atoms. The van der Waals surface area contributed by atoms with E-state index < -0.39 is 0 Å². The maximum absolute atomic E-state index is 13.0.